The summed E-state index contributed by atoms with van der Waals surface area (Å²) >= 11 is 0. The van der Waals surface area contributed by atoms with Gasteiger partial charge in [-0.2, -0.15) is 0 Å². The average molecular weight is 378 g/mol. The van der Waals surface area contributed by atoms with Crippen LogP contribution in [0, 0.1) is 22.9 Å². The van der Waals surface area contributed by atoms with E-state index in [1.807, 2.05) is 19.1 Å². The van der Waals surface area contributed by atoms with Gasteiger partial charge in [0, 0.05) is 29.8 Å². The Morgan fingerprint density at radius 2 is 1.61 bits per heavy atom. The van der Waals surface area contributed by atoms with E-state index in [9.17, 15) is 19.3 Å². The molecule has 5 nitrogen and oxygen atoms in total. The zero-order valence-electron chi connectivity index (χ0n) is 15.3. The third-order valence-electron chi connectivity index (χ3n) is 4.45. The number of aryl methyl sites for hydroxylation is 1. The number of halogens is 1. The van der Waals surface area contributed by atoms with E-state index in [2.05, 4.69) is 5.32 Å². The number of nitro groups is 1. The van der Waals surface area contributed by atoms with Gasteiger partial charge in [-0.05, 0) is 36.8 Å². The van der Waals surface area contributed by atoms with Gasteiger partial charge in [0.05, 0.1) is 11.0 Å². The van der Waals surface area contributed by atoms with Crippen LogP contribution in [0.3, 0.4) is 0 Å². The van der Waals surface area contributed by atoms with E-state index in [-0.39, 0.29) is 23.7 Å². The molecule has 0 aliphatic rings. The minimum atomic E-state index is -0.469. The second-order valence-electron chi connectivity index (χ2n) is 6.55. The predicted molar refractivity (Wildman–Crippen MR) is 106 cm³/mol. The van der Waals surface area contributed by atoms with Crippen molar-refractivity contribution in [1.29, 1.82) is 0 Å². The van der Waals surface area contributed by atoms with Crippen LogP contribution in [0.5, 0.6) is 0 Å². The molecule has 1 N–H and O–H groups in total. The maximum absolute atomic E-state index is 13.2. The van der Waals surface area contributed by atoms with Gasteiger partial charge in [0.15, 0.2) is 5.78 Å². The Morgan fingerprint density at radius 1 is 1.00 bits per heavy atom. The summed E-state index contributed by atoms with van der Waals surface area (Å²) in [7, 11) is 0. The summed E-state index contributed by atoms with van der Waals surface area (Å²) in [6.07, 6.45) is 0.151. The molecule has 28 heavy (non-hydrogen) atoms. The van der Waals surface area contributed by atoms with E-state index >= 15 is 0 Å². The first-order valence-corrected chi connectivity index (χ1v) is 8.79. The van der Waals surface area contributed by atoms with Crippen molar-refractivity contribution >= 4 is 17.2 Å². The molecule has 3 rings (SSSR count). The van der Waals surface area contributed by atoms with E-state index < -0.39 is 11.0 Å². The molecular weight excluding hydrogens is 359 g/mol. The van der Waals surface area contributed by atoms with Crippen LogP contribution in [0.4, 0.5) is 15.8 Å². The SMILES string of the molecule is Cc1ccc(C(=O)CC(Nc2ccc(F)cc2)c2ccc([N+](=O)[O-])cc2)cc1. The number of carbonyl (C=O) groups is 1. The largest absolute Gasteiger partial charge is 0.378 e. The Labute approximate surface area is 162 Å². The van der Waals surface area contributed by atoms with Crippen molar-refractivity contribution in [2.45, 2.75) is 19.4 Å². The highest BCUT2D eigenvalue weighted by molar-refractivity contribution is 5.96. The lowest BCUT2D eigenvalue weighted by atomic mass is 9.97. The van der Waals surface area contributed by atoms with Crippen LogP contribution in [0.2, 0.25) is 0 Å². The molecule has 0 radical (unpaired) electrons. The van der Waals surface area contributed by atoms with Crippen LogP contribution in [0.15, 0.2) is 72.8 Å². The van der Waals surface area contributed by atoms with E-state index in [1.165, 1.54) is 24.3 Å². The molecule has 1 atom stereocenters. The molecule has 0 amide bonds. The average Bonchev–Trinajstić information content (AvgIpc) is 2.69. The standard InChI is InChI=1S/C22H19FN2O3/c1-15-2-4-17(5-3-15)22(26)14-21(24-19-10-8-18(23)9-11-19)16-6-12-20(13-7-16)25(27)28/h2-13,21,24H,14H2,1H3. The van der Waals surface area contributed by atoms with Gasteiger partial charge in [-0.1, -0.05) is 42.0 Å². The van der Waals surface area contributed by atoms with E-state index in [1.54, 1.807) is 36.4 Å². The number of Topliss-reactive ketones (excluding diaryl/α,β-unsaturated/α-hetero) is 1. The number of nitro benzene ring substituents is 1. The molecule has 142 valence electrons. The second kappa shape index (κ2) is 8.43. The third kappa shape index (κ3) is 4.79. The van der Waals surface area contributed by atoms with E-state index in [0.717, 1.165) is 11.1 Å². The van der Waals surface area contributed by atoms with Crippen LogP contribution in [0.25, 0.3) is 0 Å². The fraction of sp³-hybridized carbons (Fsp3) is 0.136. The van der Waals surface area contributed by atoms with Gasteiger partial charge in [-0.15, -0.1) is 0 Å². The van der Waals surface area contributed by atoms with Gasteiger partial charge in [-0.25, -0.2) is 4.39 Å². The van der Waals surface area contributed by atoms with Gasteiger partial charge < -0.3 is 5.32 Å². The molecule has 3 aromatic carbocycles. The van der Waals surface area contributed by atoms with Crippen molar-refractivity contribution in [3.63, 3.8) is 0 Å². The smallest absolute Gasteiger partial charge is 0.269 e. The van der Waals surface area contributed by atoms with Crippen LogP contribution in [-0.4, -0.2) is 10.7 Å². The fourth-order valence-corrected chi connectivity index (χ4v) is 2.87. The normalized spacial score (nSPS) is 11.6. The molecule has 0 bridgehead atoms. The molecule has 0 spiro atoms. The highest BCUT2D eigenvalue weighted by Crippen LogP contribution is 2.26. The Hall–Kier alpha value is -3.54. The topological polar surface area (TPSA) is 72.2 Å². The number of nitrogens with zero attached hydrogens (tertiary/aromatic N) is 1. The van der Waals surface area contributed by atoms with Crippen molar-refractivity contribution in [2.75, 3.05) is 5.32 Å². The lowest BCUT2D eigenvalue weighted by molar-refractivity contribution is -0.384. The van der Waals surface area contributed by atoms with Crippen LogP contribution in [0.1, 0.15) is 33.9 Å². The maximum Gasteiger partial charge on any atom is 0.269 e. The summed E-state index contributed by atoms with van der Waals surface area (Å²) in [6, 6.07) is 18.8. The third-order valence-corrected chi connectivity index (χ3v) is 4.45. The fourth-order valence-electron chi connectivity index (χ4n) is 2.87. The van der Waals surface area contributed by atoms with Gasteiger partial charge in [0.2, 0.25) is 0 Å². The number of hydrogen-bond acceptors (Lipinski definition) is 4. The minimum absolute atomic E-state index is 0.0193. The molecular formula is C22H19FN2O3. The Morgan fingerprint density at radius 3 is 2.18 bits per heavy atom. The molecule has 0 aliphatic heterocycles. The van der Waals surface area contributed by atoms with Gasteiger partial charge in [0.25, 0.3) is 5.69 Å². The number of hydrogen-bond donors (Lipinski definition) is 1. The molecule has 0 aliphatic carbocycles. The second-order valence-corrected chi connectivity index (χ2v) is 6.55. The van der Waals surface area contributed by atoms with Gasteiger partial charge in [0.1, 0.15) is 5.82 Å². The molecule has 0 saturated heterocycles. The van der Waals surface area contributed by atoms with E-state index in [4.69, 9.17) is 0 Å². The van der Waals surface area contributed by atoms with Crippen LogP contribution in [-0.2, 0) is 0 Å². The Bertz CT molecular complexity index is 968. The molecule has 3 aromatic rings. The number of nitrogens with one attached hydrogen (secondary N) is 1. The summed E-state index contributed by atoms with van der Waals surface area (Å²) in [4.78, 5) is 23.2. The van der Waals surface area contributed by atoms with Crippen molar-refractivity contribution in [2.24, 2.45) is 0 Å². The summed E-state index contributed by atoms with van der Waals surface area (Å²) in [5.74, 6) is -0.411. The monoisotopic (exact) mass is 378 g/mol. The van der Waals surface area contributed by atoms with Crippen molar-refractivity contribution < 1.29 is 14.1 Å². The van der Waals surface area contributed by atoms with Crippen LogP contribution >= 0.6 is 0 Å². The molecule has 0 aromatic heterocycles. The van der Waals surface area contributed by atoms with Crippen molar-refractivity contribution in [1.82, 2.24) is 0 Å². The number of non-ortho nitro benzene ring substituents is 1. The summed E-state index contributed by atoms with van der Waals surface area (Å²) < 4.78 is 13.2. The predicted octanol–water partition coefficient (Wildman–Crippen LogP) is 5.47. The molecule has 6 heteroatoms. The first-order chi connectivity index (χ1) is 13.4. The minimum Gasteiger partial charge on any atom is -0.378 e. The number of anilines is 1. The zero-order chi connectivity index (χ0) is 20.1. The first-order valence-electron chi connectivity index (χ1n) is 8.79. The number of carbonyl (C=O) groups excluding carboxylic acids is 1. The number of ketones is 1. The van der Waals surface area contributed by atoms with Crippen molar-refractivity contribution in [3.05, 3.63) is 105 Å². The lowest BCUT2D eigenvalue weighted by Gasteiger charge is -2.20. The van der Waals surface area contributed by atoms with E-state index in [0.29, 0.717) is 11.3 Å². The Kier molecular flexibility index (Phi) is 5.79. The highest BCUT2D eigenvalue weighted by Gasteiger charge is 2.18. The quantitative estimate of drug-likeness (QED) is 0.336. The number of benzene rings is 3. The summed E-state index contributed by atoms with van der Waals surface area (Å²) in [5, 5.41) is 14.1. The Balaban J connectivity index is 1.86. The first kappa shape index (κ1) is 19.2. The number of rotatable bonds is 7. The summed E-state index contributed by atoms with van der Waals surface area (Å²) in [5.41, 5.74) is 3.03. The molecule has 0 saturated carbocycles. The van der Waals surface area contributed by atoms with Crippen molar-refractivity contribution in [3.8, 4) is 0 Å². The summed E-state index contributed by atoms with van der Waals surface area (Å²) in [6.45, 7) is 1.95. The van der Waals surface area contributed by atoms with Gasteiger partial charge in [-0.3, -0.25) is 14.9 Å². The zero-order valence-corrected chi connectivity index (χ0v) is 15.3. The highest BCUT2D eigenvalue weighted by atomic mass is 19.1. The molecule has 0 heterocycles. The maximum atomic E-state index is 13.2. The van der Waals surface area contributed by atoms with Crippen LogP contribution < -0.4 is 5.32 Å². The lowest BCUT2D eigenvalue weighted by Crippen LogP contribution is -2.16. The molecule has 1 unspecified atom stereocenters. The molecule has 0 fully saturated rings. The van der Waals surface area contributed by atoms with Gasteiger partial charge >= 0.3 is 0 Å².